The third kappa shape index (κ3) is 2.67. The standard InChI is InChI=1S/C11H11F3N4O2S/c12-11(13,14)8-7-18-2-1-15-9(10(18)16-8)17-3-5-21(19,20)6-4-17/h1-2,7H,3-6H2. The second kappa shape index (κ2) is 4.58. The molecule has 0 unspecified atom stereocenters. The molecule has 21 heavy (non-hydrogen) atoms. The topological polar surface area (TPSA) is 67.6 Å². The first-order valence-corrected chi connectivity index (χ1v) is 7.95. The Hall–Kier alpha value is -1.84. The Morgan fingerprint density at radius 3 is 2.48 bits per heavy atom. The third-order valence-electron chi connectivity index (χ3n) is 3.29. The summed E-state index contributed by atoms with van der Waals surface area (Å²) in [6, 6.07) is 0. The summed E-state index contributed by atoms with van der Waals surface area (Å²) in [7, 11) is -3.07. The van der Waals surface area contributed by atoms with E-state index in [0.717, 1.165) is 6.20 Å². The van der Waals surface area contributed by atoms with E-state index in [1.165, 1.54) is 16.8 Å². The van der Waals surface area contributed by atoms with Crippen molar-refractivity contribution in [3.05, 3.63) is 24.3 Å². The lowest BCUT2D eigenvalue weighted by Crippen LogP contribution is -2.40. The molecule has 3 rings (SSSR count). The summed E-state index contributed by atoms with van der Waals surface area (Å²) in [5.74, 6) is 0.188. The average molecular weight is 320 g/mol. The van der Waals surface area contributed by atoms with Gasteiger partial charge in [0.2, 0.25) is 0 Å². The molecular formula is C11H11F3N4O2S. The Balaban J connectivity index is 2.01. The lowest BCUT2D eigenvalue weighted by atomic mass is 10.4. The number of hydrogen-bond donors (Lipinski definition) is 0. The van der Waals surface area contributed by atoms with Gasteiger partial charge in [0.25, 0.3) is 0 Å². The maximum atomic E-state index is 12.7. The highest BCUT2D eigenvalue weighted by molar-refractivity contribution is 7.91. The van der Waals surface area contributed by atoms with E-state index in [0.29, 0.717) is 0 Å². The van der Waals surface area contributed by atoms with E-state index in [2.05, 4.69) is 9.97 Å². The Morgan fingerprint density at radius 1 is 1.19 bits per heavy atom. The van der Waals surface area contributed by atoms with Crippen LogP contribution < -0.4 is 4.90 Å². The summed E-state index contributed by atoms with van der Waals surface area (Å²) in [5, 5.41) is 0. The van der Waals surface area contributed by atoms with Crippen LogP contribution in [-0.4, -0.2) is 47.4 Å². The quantitative estimate of drug-likeness (QED) is 0.784. The first kappa shape index (κ1) is 14.1. The number of anilines is 1. The van der Waals surface area contributed by atoms with Gasteiger partial charge in [-0.25, -0.2) is 18.4 Å². The van der Waals surface area contributed by atoms with Crippen LogP contribution in [0.25, 0.3) is 5.65 Å². The van der Waals surface area contributed by atoms with Crippen LogP contribution in [0.3, 0.4) is 0 Å². The number of fused-ring (bicyclic) bond motifs is 1. The predicted octanol–water partition coefficient (Wildman–Crippen LogP) is 0.983. The Bertz CT molecular complexity index is 770. The molecule has 1 aliphatic rings. The van der Waals surface area contributed by atoms with E-state index < -0.39 is 21.7 Å². The smallest absolute Gasteiger partial charge is 0.351 e. The molecule has 2 aromatic rings. The summed E-state index contributed by atoms with van der Waals surface area (Å²) in [5.41, 5.74) is -0.925. The first-order chi connectivity index (χ1) is 9.76. The van der Waals surface area contributed by atoms with Gasteiger partial charge in [0.15, 0.2) is 27.0 Å². The number of nitrogens with zero attached hydrogens (tertiary/aromatic N) is 4. The number of halogens is 3. The number of alkyl halides is 3. The van der Waals surface area contributed by atoms with Gasteiger partial charge in [-0.05, 0) is 0 Å². The molecule has 0 atom stereocenters. The van der Waals surface area contributed by atoms with Crippen LogP contribution in [0.2, 0.25) is 0 Å². The minimum Gasteiger partial charge on any atom is -0.351 e. The van der Waals surface area contributed by atoms with Gasteiger partial charge in [-0.1, -0.05) is 0 Å². The normalized spacial score (nSPS) is 19.1. The van der Waals surface area contributed by atoms with Gasteiger partial charge in [0, 0.05) is 31.7 Å². The van der Waals surface area contributed by atoms with Gasteiger partial charge in [0.05, 0.1) is 11.5 Å². The lowest BCUT2D eigenvalue weighted by molar-refractivity contribution is -0.140. The summed E-state index contributed by atoms with van der Waals surface area (Å²) < 4.78 is 62.2. The first-order valence-electron chi connectivity index (χ1n) is 6.12. The van der Waals surface area contributed by atoms with Crippen molar-refractivity contribution in [1.82, 2.24) is 14.4 Å². The van der Waals surface area contributed by atoms with E-state index in [1.54, 1.807) is 4.90 Å². The molecule has 1 fully saturated rings. The molecule has 6 nitrogen and oxygen atoms in total. The van der Waals surface area contributed by atoms with Crippen LogP contribution in [0, 0.1) is 0 Å². The molecule has 0 aliphatic carbocycles. The predicted molar refractivity (Wildman–Crippen MR) is 68.9 cm³/mol. The highest BCUT2D eigenvalue weighted by atomic mass is 32.2. The molecule has 0 N–H and O–H groups in total. The van der Waals surface area contributed by atoms with Gasteiger partial charge < -0.3 is 9.30 Å². The minimum atomic E-state index is -4.53. The molecule has 3 heterocycles. The number of hydrogen-bond acceptors (Lipinski definition) is 5. The molecule has 1 aliphatic heterocycles. The van der Waals surface area contributed by atoms with Gasteiger partial charge >= 0.3 is 6.18 Å². The van der Waals surface area contributed by atoms with Gasteiger partial charge in [-0.3, -0.25) is 0 Å². The van der Waals surface area contributed by atoms with Gasteiger partial charge in [0.1, 0.15) is 0 Å². The fourth-order valence-electron chi connectivity index (χ4n) is 2.19. The molecule has 0 aromatic carbocycles. The number of imidazole rings is 1. The summed E-state index contributed by atoms with van der Waals surface area (Å²) >= 11 is 0. The molecule has 0 bridgehead atoms. The zero-order chi connectivity index (χ0) is 15.3. The molecule has 0 radical (unpaired) electrons. The van der Waals surface area contributed by atoms with Crippen LogP contribution in [-0.2, 0) is 16.0 Å². The van der Waals surface area contributed by atoms with Crippen molar-refractivity contribution in [2.24, 2.45) is 0 Å². The van der Waals surface area contributed by atoms with Crippen molar-refractivity contribution >= 4 is 21.3 Å². The second-order valence-corrected chi connectivity index (χ2v) is 7.05. The molecule has 1 saturated heterocycles. The van der Waals surface area contributed by atoms with Crippen LogP contribution in [0.1, 0.15) is 5.69 Å². The molecule has 10 heteroatoms. The minimum absolute atomic E-state index is 0.0391. The van der Waals surface area contributed by atoms with Crippen molar-refractivity contribution < 1.29 is 21.6 Å². The van der Waals surface area contributed by atoms with Crippen molar-refractivity contribution in [3.8, 4) is 0 Å². The molecule has 0 saturated carbocycles. The fourth-order valence-corrected chi connectivity index (χ4v) is 3.39. The van der Waals surface area contributed by atoms with Crippen LogP contribution in [0.4, 0.5) is 19.0 Å². The zero-order valence-electron chi connectivity index (χ0n) is 10.7. The zero-order valence-corrected chi connectivity index (χ0v) is 11.5. The number of sulfone groups is 1. The largest absolute Gasteiger partial charge is 0.434 e. The fraction of sp³-hybridized carbons (Fsp3) is 0.455. The molecule has 2 aromatic heterocycles. The van der Waals surface area contributed by atoms with E-state index in [1.807, 2.05) is 0 Å². The van der Waals surface area contributed by atoms with E-state index in [-0.39, 0.29) is 36.1 Å². The molecular weight excluding hydrogens is 309 g/mol. The van der Waals surface area contributed by atoms with Crippen LogP contribution in [0.15, 0.2) is 18.6 Å². The van der Waals surface area contributed by atoms with E-state index >= 15 is 0 Å². The SMILES string of the molecule is O=S1(=O)CCN(c2nccn3cc(C(F)(F)F)nc23)CC1. The summed E-state index contributed by atoms with van der Waals surface area (Å²) in [6.45, 7) is 0.395. The van der Waals surface area contributed by atoms with Crippen molar-refractivity contribution in [1.29, 1.82) is 0 Å². The maximum Gasteiger partial charge on any atom is 0.434 e. The third-order valence-corrected chi connectivity index (χ3v) is 4.90. The highest BCUT2D eigenvalue weighted by Crippen LogP contribution is 2.30. The Morgan fingerprint density at radius 2 is 1.86 bits per heavy atom. The second-order valence-electron chi connectivity index (χ2n) is 4.74. The number of rotatable bonds is 1. The van der Waals surface area contributed by atoms with Crippen molar-refractivity contribution in [3.63, 3.8) is 0 Å². The molecule has 0 spiro atoms. The van der Waals surface area contributed by atoms with Crippen LogP contribution >= 0.6 is 0 Å². The highest BCUT2D eigenvalue weighted by Gasteiger charge is 2.35. The Labute approximate surface area is 118 Å². The van der Waals surface area contributed by atoms with Crippen molar-refractivity contribution in [2.45, 2.75) is 6.18 Å². The summed E-state index contributed by atoms with van der Waals surface area (Å²) in [4.78, 5) is 9.28. The molecule has 0 amide bonds. The van der Waals surface area contributed by atoms with E-state index in [4.69, 9.17) is 0 Å². The van der Waals surface area contributed by atoms with E-state index in [9.17, 15) is 21.6 Å². The van der Waals surface area contributed by atoms with Crippen molar-refractivity contribution in [2.75, 3.05) is 29.5 Å². The maximum absolute atomic E-state index is 12.7. The number of aromatic nitrogens is 3. The monoisotopic (exact) mass is 320 g/mol. The average Bonchev–Trinajstić information content (AvgIpc) is 2.82. The van der Waals surface area contributed by atoms with Gasteiger partial charge in [-0.2, -0.15) is 13.2 Å². The molecule has 114 valence electrons. The summed E-state index contributed by atoms with van der Waals surface area (Å²) in [6.07, 6.45) is -0.898. The van der Waals surface area contributed by atoms with Crippen LogP contribution in [0.5, 0.6) is 0 Å². The lowest BCUT2D eigenvalue weighted by Gasteiger charge is -2.27. The Kier molecular flexibility index (Phi) is 3.08. The van der Waals surface area contributed by atoms with Gasteiger partial charge in [-0.15, -0.1) is 0 Å².